The van der Waals surface area contributed by atoms with Gasteiger partial charge in [0.1, 0.15) is 11.6 Å². The van der Waals surface area contributed by atoms with Crippen molar-refractivity contribution in [3.8, 4) is 0 Å². The van der Waals surface area contributed by atoms with Crippen molar-refractivity contribution in [3.63, 3.8) is 0 Å². The molecule has 2 aromatic rings. The molecule has 0 saturated carbocycles. The van der Waals surface area contributed by atoms with Gasteiger partial charge >= 0.3 is 0 Å². The maximum atomic E-state index is 13.5. The van der Waals surface area contributed by atoms with Gasteiger partial charge in [-0.05, 0) is 69.0 Å². The average molecular weight is 493 g/mol. The number of rotatable bonds is 9. The Kier molecular flexibility index (Phi) is 16.1. The molecule has 0 radical (unpaired) electrons. The summed E-state index contributed by atoms with van der Waals surface area (Å²) in [5, 5.41) is 3.29. The minimum atomic E-state index is -0.337. The Morgan fingerprint density at radius 2 is 1.75 bits per heavy atom. The number of aryl methyl sites for hydroxylation is 1. The Labute approximate surface area is 217 Å². The van der Waals surface area contributed by atoms with Crippen LogP contribution in [0.2, 0.25) is 0 Å². The van der Waals surface area contributed by atoms with Gasteiger partial charge in [0.05, 0.1) is 12.2 Å². The lowest BCUT2D eigenvalue weighted by molar-refractivity contribution is 0.618. The summed E-state index contributed by atoms with van der Waals surface area (Å²) >= 11 is 0. The number of hydrogen-bond acceptors (Lipinski definition) is 2. The Morgan fingerprint density at radius 3 is 2.25 bits per heavy atom. The topological polar surface area (TPSA) is 24.9 Å². The van der Waals surface area contributed by atoms with E-state index in [0.29, 0.717) is 5.56 Å². The Bertz CT molecular complexity index is 1090. The van der Waals surface area contributed by atoms with Gasteiger partial charge in [-0.3, -0.25) is 4.98 Å². The van der Waals surface area contributed by atoms with Crippen LogP contribution in [0.3, 0.4) is 0 Å². The highest BCUT2D eigenvalue weighted by Crippen LogP contribution is 2.19. The molecule has 1 atom stereocenters. The minimum absolute atomic E-state index is 0.0272. The minimum Gasteiger partial charge on any atom is -0.378 e. The third-order valence-corrected chi connectivity index (χ3v) is 4.86. The second kappa shape index (κ2) is 17.8. The lowest BCUT2D eigenvalue weighted by atomic mass is 9.99. The molecular weight excluding hydrogens is 450 g/mol. The molecule has 0 fully saturated rings. The highest BCUT2D eigenvalue weighted by atomic mass is 19.1. The molecule has 0 aliphatic heterocycles. The lowest BCUT2D eigenvalue weighted by Crippen LogP contribution is -2.29. The van der Waals surface area contributed by atoms with Gasteiger partial charge in [0, 0.05) is 17.5 Å². The molecule has 0 spiro atoms. The van der Waals surface area contributed by atoms with Crippen molar-refractivity contribution in [3.05, 3.63) is 126 Å². The van der Waals surface area contributed by atoms with Crippen LogP contribution in [0.1, 0.15) is 65.2 Å². The predicted molar refractivity (Wildman–Crippen MR) is 155 cm³/mol. The molecule has 1 N–H and O–H groups in total. The van der Waals surface area contributed by atoms with E-state index in [9.17, 15) is 8.78 Å². The van der Waals surface area contributed by atoms with Crippen LogP contribution < -0.4 is 5.32 Å². The number of hydrogen-bond donors (Lipinski definition) is 1. The van der Waals surface area contributed by atoms with E-state index in [1.807, 2.05) is 71.9 Å². The van der Waals surface area contributed by atoms with E-state index in [2.05, 4.69) is 37.0 Å². The second-order valence-electron chi connectivity index (χ2n) is 8.06. The summed E-state index contributed by atoms with van der Waals surface area (Å²) < 4.78 is 26.3. The van der Waals surface area contributed by atoms with Gasteiger partial charge in [-0.2, -0.15) is 0 Å². The standard InChI is InChI=1S/C19H23FN2.C11H13F.C2H6/c1-6-8-17(19(14(2)3)22-15(4)5)10-7-9-16-11-12-21-13-18(16)20;1-4-9-5-6-10(12)7-11(9)8(2)3;1-2/h6-13,19,22H,2,4H2,1,3,5H3;5-7H,2,4H2,1,3H3;1-2H3/b8-6-,9-7+,17-10+;;. The first kappa shape index (κ1) is 32.5. The van der Waals surface area contributed by atoms with Crippen LogP contribution in [0.5, 0.6) is 0 Å². The molecule has 2 nitrogen and oxygen atoms in total. The van der Waals surface area contributed by atoms with Gasteiger partial charge in [0.2, 0.25) is 0 Å². The first-order valence-electron chi connectivity index (χ1n) is 12.2. The first-order valence-corrected chi connectivity index (χ1v) is 12.2. The molecule has 0 amide bonds. The number of halogens is 2. The molecular formula is C32H42F2N2. The third kappa shape index (κ3) is 11.7. The van der Waals surface area contributed by atoms with Crippen LogP contribution in [0.25, 0.3) is 11.6 Å². The maximum absolute atomic E-state index is 13.5. The van der Waals surface area contributed by atoms with E-state index in [1.165, 1.54) is 12.3 Å². The zero-order chi connectivity index (χ0) is 27.7. The van der Waals surface area contributed by atoms with E-state index in [0.717, 1.165) is 40.0 Å². The quantitative estimate of drug-likeness (QED) is 0.279. The van der Waals surface area contributed by atoms with Gasteiger partial charge in [0.15, 0.2) is 0 Å². The van der Waals surface area contributed by atoms with Crippen molar-refractivity contribution in [1.29, 1.82) is 0 Å². The molecule has 1 aromatic carbocycles. The molecule has 194 valence electrons. The van der Waals surface area contributed by atoms with Crippen LogP contribution in [0.4, 0.5) is 8.78 Å². The summed E-state index contributed by atoms with van der Waals surface area (Å²) in [6, 6.07) is 6.46. The van der Waals surface area contributed by atoms with E-state index in [4.69, 9.17) is 0 Å². The maximum Gasteiger partial charge on any atom is 0.148 e. The van der Waals surface area contributed by atoms with Crippen LogP contribution >= 0.6 is 0 Å². The van der Waals surface area contributed by atoms with Crippen LogP contribution in [0.15, 0.2) is 97.5 Å². The van der Waals surface area contributed by atoms with E-state index < -0.39 is 0 Å². The fourth-order valence-corrected chi connectivity index (χ4v) is 3.22. The molecule has 1 aromatic heterocycles. The van der Waals surface area contributed by atoms with Crippen molar-refractivity contribution in [1.82, 2.24) is 10.3 Å². The fourth-order valence-electron chi connectivity index (χ4n) is 3.22. The van der Waals surface area contributed by atoms with Crippen molar-refractivity contribution >= 4 is 11.6 Å². The lowest BCUT2D eigenvalue weighted by Gasteiger charge is -2.21. The molecule has 0 aliphatic rings. The Morgan fingerprint density at radius 1 is 1.08 bits per heavy atom. The summed E-state index contributed by atoms with van der Waals surface area (Å²) in [6.45, 7) is 25.5. The Hall–Kier alpha value is -3.53. The number of aromatic nitrogens is 1. The third-order valence-electron chi connectivity index (χ3n) is 4.86. The zero-order valence-corrected chi connectivity index (χ0v) is 23.0. The highest BCUT2D eigenvalue weighted by Gasteiger charge is 2.11. The van der Waals surface area contributed by atoms with Gasteiger partial charge < -0.3 is 5.32 Å². The van der Waals surface area contributed by atoms with Crippen LogP contribution in [-0.2, 0) is 6.42 Å². The largest absolute Gasteiger partial charge is 0.378 e. The number of nitrogens with one attached hydrogen (secondary N) is 1. The van der Waals surface area contributed by atoms with E-state index >= 15 is 0 Å². The number of allylic oxidation sites excluding steroid dienone is 5. The van der Waals surface area contributed by atoms with E-state index in [1.54, 1.807) is 24.4 Å². The van der Waals surface area contributed by atoms with Crippen LogP contribution in [0, 0.1) is 11.6 Å². The van der Waals surface area contributed by atoms with Gasteiger partial charge in [-0.15, -0.1) is 0 Å². The van der Waals surface area contributed by atoms with Crippen molar-refractivity contribution < 1.29 is 8.78 Å². The summed E-state index contributed by atoms with van der Waals surface area (Å²) in [5.41, 5.74) is 6.41. The Balaban J connectivity index is 0.000000735. The van der Waals surface area contributed by atoms with Crippen LogP contribution in [-0.4, -0.2) is 11.0 Å². The molecule has 36 heavy (non-hydrogen) atoms. The molecule has 4 heteroatoms. The molecule has 0 aliphatic carbocycles. The summed E-state index contributed by atoms with van der Waals surface area (Å²) in [5.74, 6) is -0.526. The van der Waals surface area contributed by atoms with Gasteiger partial charge in [-0.25, -0.2) is 8.78 Å². The van der Waals surface area contributed by atoms with E-state index in [-0.39, 0.29) is 17.7 Å². The van der Waals surface area contributed by atoms with Crippen molar-refractivity contribution in [2.24, 2.45) is 0 Å². The molecule has 2 rings (SSSR count). The fraction of sp³-hybridized carbons (Fsp3) is 0.281. The predicted octanol–water partition coefficient (Wildman–Crippen LogP) is 9.25. The zero-order valence-electron chi connectivity index (χ0n) is 23.0. The molecule has 1 unspecified atom stereocenters. The molecule has 0 saturated heterocycles. The highest BCUT2D eigenvalue weighted by molar-refractivity contribution is 5.64. The summed E-state index contributed by atoms with van der Waals surface area (Å²) in [6.07, 6.45) is 13.1. The number of benzene rings is 1. The normalized spacial score (nSPS) is 11.8. The first-order chi connectivity index (χ1) is 17.1. The van der Waals surface area contributed by atoms with Gasteiger partial charge in [-0.1, -0.05) is 88.1 Å². The number of nitrogens with zero attached hydrogens (tertiary/aromatic N) is 1. The number of pyridine rings is 1. The monoisotopic (exact) mass is 492 g/mol. The summed E-state index contributed by atoms with van der Waals surface area (Å²) in [4.78, 5) is 3.73. The SMILES string of the molecule is C=C(C)NC(C(=C)C)C(/C=C\C)=C/C=C/c1ccncc1F.C=C(C)c1cc(F)ccc1CC.CC. The molecule has 0 bridgehead atoms. The van der Waals surface area contributed by atoms with Crippen molar-refractivity contribution in [2.75, 3.05) is 0 Å². The molecule has 1 heterocycles. The second-order valence-corrected chi connectivity index (χ2v) is 8.06. The smallest absolute Gasteiger partial charge is 0.148 e. The average Bonchev–Trinajstić information content (AvgIpc) is 2.84. The van der Waals surface area contributed by atoms with Crippen molar-refractivity contribution in [2.45, 2.75) is 60.9 Å². The van der Waals surface area contributed by atoms with Gasteiger partial charge in [0.25, 0.3) is 0 Å². The summed E-state index contributed by atoms with van der Waals surface area (Å²) in [7, 11) is 0.